The van der Waals surface area contributed by atoms with Crippen molar-refractivity contribution in [3.8, 4) is 22.1 Å². The van der Waals surface area contributed by atoms with E-state index in [1.165, 1.54) is 17.4 Å². The zero-order chi connectivity index (χ0) is 19.0. The number of amides is 1. The first-order valence-electron chi connectivity index (χ1n) is 8.30. The Labute approximate surface area is 159 Å². The average molecular weight is 376 g/mol. The maximum Gasteiger partial charge on any atom is 0.255 e. The first-order chi connectivity index (χ1) is 13.0. The Kier molecular flexibility index (Phi) is 4.25. The lowest BCUT2D eigenvalue weighted by Gasteiger charge is -2.08. The second-order valence-electron chi connectivity index (χ2n) is 6.20. The first kappa shape index (κ1) is 17.1. The molecular formula is C21H16N2O3S. The number of nitrogens with zero attached hydrogens (tertiary/aromatic N) is 1. The Morgan fingerprint density at radius 2 is 1.67 bits per heavy atom. The Hall–Kier alpha value is -3.38. The van der Waals surface area contributed by atoms with Gasteiger partial charge >= 0.3 is 0 Å². The Balaban J connectivity index is 1.55. The maximum atomic E-state index is 12.4. The van der Waals surface area contributed by atoms with Gasteiger partial charge in [0.1, 0.15) is 16.5 Å². The van der Waals surface area contributed by atoms with Crippen molar-refractivity contribution in [2.75, 3.05) is 5.32 Å². The fourth-order valence-electron chi connectivity index (χ4n) is 2.83. The summed E-state index contributed by atoms with van der Waals surface area (Å²) in [6, 6.07) is 17.2. The number of phenolic OH excluding ortho intramolecular Hbond substituents is 2. The van der Waals surface area contributed by atoms with Gasteiger partial charge in [-0.25, -0.2) is 4.98 Å². The second-order valence-corrected chi connectivity index (χ2v) is 7.23. The minimum Gasteiger partial charge on any atom is -0.508 e. The molecule has 1 heterocycles. The molecular weight excluding hydrogens is 360 g/mol. The van der Waals surface area contributed by atoms with E-state index < -0.39 is 0 Å². The predicted molar refractivity (Wildman–Crippen MR) is 108 cm³/mol. The molecule has 6 heteroatoms. The van der Waals surface area contributed by atoms with Crippen LogP contribution in [-0.2, 0) is 0 Å². The highest BCUT2D eigenvalue weighted by molar-refractivity contribution is 7.21. The van der Waals surface area contributed by atoms with E-state index in [-0.39, 0.29) is 17.4 Å². The van der Waals surface area contributed by atoms with E-state index in [9.17, 15) is 15.0 Å². The lowest BCUT2D eigenvalue weighted by molar-refractivity contribution is 0.102. The topological polar surface area (TPSA) is 82.5 Å². The fraction of sp³-hybridized carbons (Fsp3) is 0.0476. The van der Waals surface area contributed by atoms with Crippen molar-refractivity contribution in [3.05, 3.63) is 71.8 Å². The van der Waals surface area contributed by atoms with E-state index in [2.05, 4.69) is 10.3 Å². The molecule has 1 aromatic heterocycles. The highest BCUT2D eigenvalue weighted by Crippen LogP contribution is 2.32. The number of carbonyl (C=O) groups excluding carboxylic acids is 1. The van der Waals surface area contributed by atoms with Crippen molar-refractivity contribution >= 4 is 33.1 Å². The summed E-state index contributed by atoms with van der Waals surface area (Å²) in [5, 5.41) is 22.8. The SMILES string of the molecule is Cc1cc(O)ccc1C(=O)Nc1ccc(-c2nc3ccc(O)cc3s2)cc1. The van der Waals surface area contributed by atoms with Gasteiger partial charge in [-0.15, -0.1) is 11.3 Å². The van der Waals surface area contributed by atoms with Gasteiger partial charge in [0.05, 0.1) is 10.2 Å². The molecule has 0 aliphatic carbocycles. The number of fused-ring (bicyclic) bond motifs is 1. The molecule has 0 unspecified atom stereocenters. The summed E-state index contributed by atoms with van der Waals surface area (Å²) < 4.78 is 0.921. The van der Waals surface area contributed by atoms with Gasteiger partial charge in [-0.3, -0.25) is 4.79 Å². The standard InChI is InChI=1S/C21H16N2O3S/c1-12-10-15(24)6-8-17(12)20(26)22-14-4-2-13(3-5-14)21-23-18-9-7-16(25)11-19(18)27-21/h2-11,24-25H,1H3,(H,22,26). The molecule has 3 aromatic carbocycles. The van der Waals surface area contributed by atoms with Crippen LogP contribution < -0.4 is 5.32 Å². The summed E-state index contributed by atoms with van der Waals surface area (Å²) in [6.45, 7) is 1.78. The van der Waals surface area contributed by atoms with Crippen molar-refractivity contribution in [2.24, 2.45) is 0 Å². The van der Waals surface area contributed by atoms with E-state index in [0.717, 1.165) is 20.8 Å². The van der Waals surface area contributed by atoms with Crippen LogP contribution in [0.15, 0.2) is 60.7 Å². The maximum absolute atomic E-state index is 12.4. The Bertz CT molecular complexity index is 1150. The smallest absolute Gasteiger partial charge is 0.255 e. The van der Waals surface area contributed by atoms with Crippen molar-refractivity contribution < 1.29 is 15.0 Å². The largest absolute Gasteiger partial charge is 0.508 e. The quantitative estimate of drug-likeness (QED) is 0.473. The number of aromatic hydroxyl groups is 2. The van der Waals surface area contributed by atoms with E-state index in [4.69, 9.17) is 0 Å². The van der Waals surface area contributed by atoms with Crippen LogP contribution in [0.4, 0.5) is 5.69 Å². The highest BCUT2D eigenvalue weighted by atomic mass is 32.1. The lowest BCUT2D eigenvalue weighted by atomic mass is 10.1. The zero-order valence-corrected chi connectivity index (χ0v) is 15.2. The zero-order valence-electron chi connectivity index (χ0n) is 14.4. The molecule has 3 N–H and O–H groups in total. The summed E-state index contributed by atoms with van der Waals surface area (Å²) in [6.07, 6.45) is 0. The molecule has 0 spiro atoms. The minimum atomic E-state index is -0.226. The molecule has 4 aromatic rings. The van der Waals surface area contributed by atoms with Crippen LogP contribution in [0.1, 0.15) is 15.9 Å². The molecule has 27 heavy (non-hydrogen) atoms. The predicted octanol–water partition coefficient (Wildman–Crippen LogP) is 4.94. The molecule has 5 nitrogen and oxygen atoms in total. The summed E-state index contributed by atoms with van der Waals surface area (Å²) in [7, 11) is 0. The van der Waals surface area contributed by atoms with Crippen LogP contribution in [0, 0.1) is 6.92 Å². The lowest BCUT2D eigenvalue weighted by Crippen LogP contribution is -2.13. The van der Waals surface area contributed by atoms with E-state index in [1.54, 1.807) is 37.3 Å². The molecule has 0 fully saturated rings. The molecule has 4 rings (SSSR count). The van der Waals surface area contributed by atoms with E-state index >= 15 is 0 Å². The number of aromatic nitrogens is 1. The van der Waals surface area contributed by atoms with E-state index in [0.29, 0.717) is 16.8 Å². The third-order valence-corrected chi connectivity index (χ3v) is 5.28. The number of carbonyl (C=O) groups is 1. The van der Waals surface area contributed by atoms with Gasteiger partial charge in [-0.1, -0.05) is 0 Å². The van der Waals surface area contributed by atoms with Crippen LogP contribution >= 0.6 is 11.3 Å². The van der Waals surface area contributed by atoms with Gasteiger partial charge in [0.25, 0.3) is 5.91 Å². The minimum absolute atomic E-state index is 0.137. The van der Waals surface area contributed by atoms with Crippen LogP contribution in [0.2, 0.25) is 0 Å². The third kappa shape index (κ3) is 3.47. The van der Waals surface area contributed by atoms with Crippen LogP contribution in [0.3, 0.4) is 0 Å². The van der Waals surface area contributed by atoms with Gasteiger partial charge in [0.15, 0.2) is 0 Å². The number of hydrogen-bond donors (Lipinski definition) is 3. The van der Waals surface area contributed by atoms with Crippen LogP contribution in [0.25, 0.3) is 20.8 Å². The van der Waals surface area contributed by atoms with Crippen LogP contribution in [0.5, 0.6) is 11.5 Å². The number of nitrogens with one attached hydrogen (secondary N) is 1. The summed E-state index contributed by atoms with van der Waals surface area (Å²) in [4.78, 5) is 17.0. The molecule has 0 atom stereocenters. The number of benzene rings is 3. The molecule has 0 bridgehead atoms. The Morgan fingerprint density at radius 3 is 2.41 bits per heavy atom. The van der Waals surface area contributed by atoms with Crippen molar-refractivity contribution in [3.63, 3.8) is 0 Å². The van der Waals surface area contributed by atoms with Crippen molar-refractivity contribution in [1.82, 2.24) is 4.98 Å². The number of phenols is 2. The monoisotopic (exact) mass is 376 g/mol. The molecule has 0 aliphatic rings. The molecule has 1 amide bonds. The van der Waals surface area contributed by atoms with Crippen molar-refractivity contribution in [2.45, 2.75) is 6.92 Å². The molecule has 134 valence electrons. The summed E-state index contributed by atoms with van der Waals surface area (Å²) in [5.74, 6) is 0.133. The highest BCUT2D eigenvalue weighted by Gasteiger charge is 2.11. The van der Waals surface area contributed by atoms with Gasteiger partial charge < -0.3 is 15.5 Å². The Morgan fingerprint density at radius 1 is 0.963 bits per heavy atom. The van der Waals surface area contributed by atoms with Crippen molar-refractivity contribution in [1.29, 1.82) is 0 Å². The van der Waals surface area contributed by atoms with E-state index in [1.807, 2.05) is 24.3 Å². The third-order valence-electron chi connectivity index (χ3n) is 4.22. The number of anilines is 1. The number of aryl methyl sites for hydroxylation is 1. The summed E-state index contributed by atoms with van der Waals surface area (Å²) >= 11 is 1.50. The van der Waals surface area contributed by atoms with Gasteiger partial charge in [0, 0.05) is 16.8 Å². The fourth-order valence-corrected chi connectivity index (χ4v) is 3.84. The van der Waals surface area contributed by atoms with Gasteiger partial charge in [0.2, 0.25) is 0 Å². The molecule has 0 aliphatic heterocycles. The number of rotatable bonds is 3. The van der Waals surface area contributed by atoms with Gasteiger partial charge in [-0.2, -0.15) is 0 Å². The van der Waals surface area contributed by atoms with Gasteiger partial charge in [-0.05, 0) is 73.2 Å². The normalized spacial score (nSPS) is 10.9. The molecule has 0 radical (unpaired) electrons. The number of thiazole rings is 1. The van der Waals surface area contributed by atoms with Crippen LogP contribution in [-0.4, -0.2) is 21.1 Å². The average Bonchev–Trinajstić information content (AvgIpc) is 3.05. The first-order valence-corrected chi connectivity index (χ1v) is 9.12. The molecule has 0 saturated carbocycles. The summed E-state index contributed by atoms with van der Waals surface area (Å²) in [5.41, 5.74) is 3.68. The number of hydrogen-bond acceptors (Lipinski definition) is 5. The second kappa shape index (κ2) is 6.74. The molecule has 0 saturated heterocycles.